The molecule has 0 aliphatic rings. The van der Waals surface area contributed by atoms with Crippen molar-refractivity contribution >= 4 is 24.0 Å². The summed E-state index contributed by atoms with van der Waals surface area (Å²) in [6.45, 7) is 0. The van der Waals surface area contributed by atoms with Gasteiger partial charge in [-0.15, -0.1) is 0 Å². The van der Waals surface area contributed by atoms with E-state index in [-0.39, 0.29) is 5.70 Å². The lowest BCUT2D eigenvalue weighted by Crippen LogP contribution is -2.25. The topological polar surface area (TPSA) is 66.4 Å². The Labute approximate surface area is 128 Å². The van der Waals surface area contributed by atoms with Crippen LogP contribution in [0, 0.1) is 0 Å². The maximum absolute atomic E-state index is 11.8. The highest BCUT2D eigenvalue weighted by Gasteiger charge is 2.09. The fourth-order valence-electron chi connectivity index (χ4n) is 1.78. The van der Waals surface area contributed by atoms with E-state index in [1.54, 1.807) is 30.3 Å². The van der Waals surface area contributed by atoms with Crippen molar-refractivity contribution < 1.29 is 14.7 Å². The van der Waals surface area contributed by atoms with Crippen LogP contribution in [0.3, 0.4) is 0 Å². The van der Waals surface area contributed by atoms with E-state index in [1.165, 1.54) is 12.2 Å². The number of carbonyl (C=O) groups is 2. The van der Waals surface area contributed by atoms with E-state index in [2.05, 4.69) is 5.32 Å². The number of carbonyl (C=O) groups excluding carboxylic acids is 1. The Morgan fingerprint density at radius 1 is 0.864 bits per heavy atom. The van der Waals surface area contributed by atoms with Crippen LogP contribution < -0.4 is 5.32 Å². The smallest absolute Gasteiger partial charge is 0.352 e. The van der Waals surface area contributed by atoms with Crippen molar-refractivity contribution in [2.24, 2.45) is 0 Å². The van der Waals surface area contributed by atoms with Crippen LogP contribution in [-0.4, -0.2) is 17.0 Å². The van der Waals surface area contributed by atoms with Crippen molar-refractivity contribution in [1.29, 1.82) is 0 Å². The molecule has 0 atom stereocenters. The molecule has 110 valence electrons. The van der Waals surface area contributed by atoms with Gasteiger partial charge in [0.1, 0.15) is 5.70 Å². The lowest BCUT2D eigenvalue weighted by atomic mass is 10.2. The van der Waals surface area contributed by atoms with Gasteiger partial charge in [-0.05, 0) is 23.3 Å². The Hall–Kier alpha value is -3.14. The monoisotopic (exact) mass is 293 g/mol. The van der Waals surface area contributed by atoms with Crippen LogP contribution in [-0.2, 0) is 9.59 Å². The first-order chi connectivity index (χ1) is 10.6. The third kappa shape index (κ3) is 4.76. The third-order valence-corrected chi connectivity index (χ3v) is 2.83. The van der Waals surface area contributed by atoms with Gasteiger partial charge in [-0.25, -0.2) is 4.79 Å². The summed E-state index contributed by atoms with van der Waals surface area (Å²) in [5, 5.41) is 11.5. The largest absolute Gasteiger partial charge is 0.477 e. The first-order valence-corrected chi connectivity index (χ1v) is 6.69. The number of hydrogen-bond donors (Lipinski definition) is 2. The molecule has 22 heavy (non-hydrogen) atoms. The molecule has 0 bridgehead atoms. The summed E-state index contributed by atoms with van der Waals surface area (Å²) in [7, 11) is 0. The Balaban J connectivity index is 2.08. The van der Waals surface area contributed by atoms with Gasteiger partial charge in [-0.2, -0.15) is 0 Å². The minimum absolute atomic E-state index is 0.172. The van der Waals surface area contributed by atoms with Crippen molar-refractivity contribution in [2.75, 3.05) is 0 Å². The fourth-order valence-corrected chi connectivity index (χ4v) is 1.78. The highest BCUT2D eigenvalue weighted by Crippen LogP contribution is 2.05. The predicted molar refractivity (Wildman–Crippen MR) is 85.7 cm³/mol. The number of nitrogens with one attached hydrogen (secondary N) is 1. The van der Waals surface area contributed by atoms with Crippen molar-refractivity contribution in [3.63, 3.8) is 0 Å². The SMILES string of the molecule is O=C(/C=C/c1ccccc1)N/C(=C/c1ccccc1)C(=O)O. The van der Waals surface area contributed by atoms with Gasteiger partial charge in [0, 0.05) is 6.08 Å². The number of benzene rings is 2. The molecule has 0 heterocycles. The molecule has 0 aliphatic heterocycles. The van der Waals surface area contributed by atoms with Gasteiger partial charge in [-0.3, -0.25) is 4.79 Å². The first-order valence-electron chi connectivity index (χ1n) is 6.69. The molecule has 2 rings (SSSR count). The lowest BCUT2D eigenvalue weighted by molar-refractivity contribution is -0.134. The molecule has 4 heteroatoms. The first kappa shape index (κ1) is 15.3. The third-order valence-electron chi connectivity index (χ3n) is 2.83. The molecule has 2 aromatic rings. The second kappa shape index (κ2) is 7.59. The van der Waals surface area contributed by atoms with E-state index in [0.717, 1.165) is 5.56 Å². The van der Waals surface area contributed by atoms with Gasteiger partial charge in [0.05, 0.1) is 0 Å². The van der Waals surface area contributed by atoms with Gasteiger partial charge >= 0.3 is 5.97 Å². The van der Waals surface area contributed by atoms with Gasteiger partial charge < -0.3 is 10.4 Å². The summed E-state index contributed by atoms with van der Waals surface area (Å²) in [5.74, 6) is -1.68. The molecule has 0 radical (unpaired) electrons. The van der Waals surface area contributed by atoms with Crippen LogP contribution >= 0.6 is 0 Å². The number of hydrogen-bond acceptors (Lipinski definition) is 2. The number of carboxylic acids is 1. The van der Waals surface area contributed by atoms with Gasteiger partial charge in [0.15, 0.2) is 0 Å². The molecular formula is C18H15NO3. The maximum atomic E-state index is 11.8. The van der Waals surface area contributed by atoms with Gasteiger partial charge in [0.2, 0.25) is 5.91 Å². The Morgan fingerprint density at radius 3 is 1.95 bits per heavy atom. The molecule has 4 nitrogen and oxygen atoms in total. The summed E-state index contributed by atoms with van der Waals surface area (Å²) in [6, 6.07) is 18.2. The second-order valence-corrected chi connectivity index (χ2v) is 4.51. The summed E-state index contributed by atoms with van der Waals surface area (Å²) >= 11 is 0. The molecule has 2 aromatic carbocycles. The average Bonchev–Trinajstić information content (AvgIpc) is 2.54. The fraction of sp³-hybridized carbons (Fsp3) is 0. The molecule has 0 saturated heterocycles. The van der Waals surface area contributed by atoms with Crippen molar-refractivity contribution in [3.8, 4) is 0 Å². The summed E-state index contributed by atoms with van der Waals surface area (Å²) in [4.78, 5) is 23.0. The van der Waals surface area contributed by atoms with Crippen molar-refractivity contribution in [2.45, 2.75) is 0 Å². The van der Waals surface area contributed by atoms with Crippen LogP contribution in [0.25, 0.3) is 12.2 Å². The van der Waals surface area contributed by atoms with Crippen molar-refractivity contribution in [3.05, 3.63) is 83.6 Å². The molecule has 0 spiro atoms. The van der Waals surface area contributed by atoms with Crippen LogP contribution in [0.15, 0.2) is 72.4 Å². The van der Waals surface area contributed by atoms with Gasteiger partial charge in [0.25, 0.3) is 0 Å². The van der Waals surface area contributed by atoms with Crippen LogP contribution in [0.4, 0.5) is 0 Å². The standard InChI is InChI=1S/C18H15NO3/c20-17(12-11-14-7-3-1-4-8-14)19-16(18(21)22)13-15-9-5-2-6-10-15/h1-13H,(H,19,20)(H,21,22)/b12-11+,16-13+. The Bertz CT molecular complexity index is 704. The molecule has 0 aliphatic carbocycles. The van der Waals surface area contributed by atoms with E-state index in [9.17, 15) is 9.59 Å². The summed E-state index contributed by atoms with van der Waals surface area (Å²) in [6.07, 6.45) is 4.34. The maximum Gasteiger partial charge on any atom is 0.352 e. The number of amides is 1. The zero-order valence-electron chi connectivity index (χ0n) is 11.8. The molecule has 2 N–H and O–H groups in total. The van der Waals surface area contributed by atoms with E-state index in [4.69, 9.17) is 5.11 Å². The highest BCUT2D eigenvalue weighted by molar-refractivity contribution is 6.01. The van der Waals surface area contributed by atoms with Crippen molar-refractivity contribution in [1.82, 2.24) is 5.32 Å². The van der Waals surface area contributed by atoms with E-state index >= 15 is 0 Å². The highest BCUT2D eigenvalue weighted by atomic mass is 16.4. The lowest BCUT2D eigenvalue weighted by Gasteiger charge is -2.03. The van der Waals surface area contributed by atoms with Crippen LogP contribution in [0.2, 0.25) is 0 Å². The second-order valence-electron chi connectivity index (χ2n) is 4.51. The predicted octanol–water partition coefficient (Wildman–Crippen LogP) is 2.94. The number of carboxylic acid groups (broad SMARTS) is 1. The molecule has 0 unspecified atom stereocenters. The Kier molecular flexibility index (Phi) is 5.26. The van der Waals surface area contributed by atoms with Crippen LogP contribution in [0.1, 0.15) is 11.1 Å². The molecule has 0 saturated carbocycles. The summed E-state index contributed by atoms with van der Waals surface area (Å²) in [5.41, 5.74) is 1.39. The number of rotatable bonds is 5. The van der Waals surface area contributed by atoms with Gasteiger partial charge in [-0.1, -0.05) is 60.7 Å². The minimum atomic E-state index is -1.19. The zero-order valence-corrected chi connectivity index (χ0v) is 11.8. The minimum Gasteiger partial charge on any atom is -0.477 e. The summed E-state index contributed by atoms with van der Waals surface area (Å²) < 4.78 is 0. The quantitative estimate of drug-likeness (QED) is 0.833. The molecule has 1 amide bonds. The zero-order chi connectivity index (χ0) is 15.8. The van der Waals surface area contributed by atoms with Crippen LogP contribution in [0.5, 0.6) is 0 Å². The van der Waals surface area contributed by atoms with E-state index < -0.39 is 11.9 Å². The van der Waals surface area contributed by atoms with E-state index in [0.29, 0.717) is 5.56 Å². The number of aliphatic carboxylic acids is 1. The normalized spacial score (nSPS) is 11.4. The average molecular weight is 293 g/mol. The molecule has 0 fully saturated rings. The molecule has 0 aromatic heterocycles. The Morgan fingerprint density at radius 2 is 1.41 bits per heavy atom. The van der Waals surface area contributed by atoms with E-state index in [1.807, 2.05) is 36.4 Å². The molecular weight excluding hydrogens is 278 g/mol.